The third-order valence-corrected chi connectivity index (χ3v) is 6.29. The molecule has 1 saturated heterocycles. The molecule has 1 aliphatic heterocycles. The molecule has 0 spiro atoms. The van der Waals surface area contributed by atoms with Crippen molar-refractivity contribution in [3.05, 3.63) is 105 Å². The minimum absolute atomic E-state index is 0.126. The summed E-state index contributed by atoms with van der Waals surface area (Å²) in [6.07, 6.45) is 3.10. The van der Waals surface area contributed by atoms with E-state index in [9.17, 15) is 14.4 Å². The maximum absolute atomic E-state index is 13.2. The van der Waals surface area contributed by atoms with Gasteiger partial charge in [0.15, 0.2) is 5.78 Å². The highest BCUT2D eigenvalue weighted by Crippen LogP contribution is 2.23. The van der Waals surface area contributed by atoms with Crippen molar-refractivity contribution in [1.82, 2.24) is 9.55 Å². The van der Waals surface area contributed by atoms with Gasteiger partial charge in [0.05, 0.1) is 10.9 Å². The van der Waals surface area contributed by atoms with Gasteiger partial charge in [-0.3, -0.25) is 14.4 Å². The van der Waals surface area contributed by atoms with Crippen LogP contribution in [0.2, 0.25) is 0 Å². The van der Waals surface area contributed by atoms with Crippen LogP contribution in [0.5, 0.6) is 0 Å². The number of anilines is 1. The van der Waals surface area contributed by atoms with E-state index in [4.69, 9.17) is 0 Å². The average Bonchev–Trinajstić information content (AvgIpc) is 3.27. The molecule has 0 N–H and O–H groups in total. The highest BCUT2D eigenvalue weighted by molar-refractivity contribution is 6.10. The zero-order chi connectivity index (χ0) is 23.8. The lowest BCUT2D eigenvalue weighted by Gasteiger charge is -2.17. The highest BCUT2D eigenvalue weighted by Gasteiger charge is 2.22. The minimum atomic E-state index is -0.313. The summed E-state index contributed by atoms with van der Waals surface area (Å²) in [6.45, 7) is 5.02. The molecule has 1 aliphatic rings. The molecule has 0 unspecified atom stereocenters. The average molecular weight is 452 g/mol. The lowest BCUT2D eigenvalue weighted by molar-refractivity contribution is -0.117. The molecule has 6 nitrogen and oxygen atoms in total. The molecule has 34 heavy (non-hydrogen) atoms. The molecule has 0 aliphatic carbocycles. The van der Waals surface area contributed by atoms with Gasteiger partial charge >= 0.3 is 0 Å². The Labute approximate surface area is 197 Å². The molecule has 2 aromatic heterocycles. The Morgan fingerprint density at radius 1 is 0.941 bits per heavy atom. The fourth-order valence-corrected chi connectivity index (χ4v) is 4.40. The van der Waals surface area contributed by atoms with Crippen molar-refractivity contribution < 1.29 is 9.59 Å². The van der Waals surface area contributed by atoms with Crippen molar-refractivity contribution in [2.75, 3.05) is 11.4 Å². The first kappa shape index (κ1) is 21.8. The molecule has 3 heterocycles. The van der Waals surface area contributed by atoms with E-state index in [1.165, 1.54) is 0 Å². The van der Waals surface area contributed by atoms with Crippen LogP contribution >= 0.6 is 0 Å². The number of carbonyl (C=O) groups is 2. The molecule has 0 atom stereocenters. The zero-order valence-corrected chi connectivity index (χ0v) is 19.2. The fraction of sp³-hybridized carbons (Fsp3) is 0.214. The Morgan fingerprint density at radius 2 is 1.68 bits per heavy atom. The van der Waals surface area contributed by atoms with Crippen molar-refractivity contribution in [3.8, 4) is 0 Å². The summed E-state index contributed by atoms with van der Waals surface area (Å²) in [7, 11) is 0. The topological polar surface area (TPSA) is 72.3 Å². The van der Waals surface area contributed by atoms with Crippen LogP contribution in [0.25, 0.3) is 11.0 Å². The van der Waals surface area contributed by atoms with Gasteiger partial charge in [-0.2, -0.15) is 0 Å². The Bertz CT molecular complexity index is 1470. The zero-order valence-electron chi connectivity index (χ0n) is 19.2. The molecule has 0 bridgehead atoms. The number of fused-ring (bicyclic) bond motifs is 1. The Balaban J connectivity index is 1.56. The SMILES string of the molecule is Cc1ccc(C(=O)c2cn(Cc3ccc(N4CCCC4=O)cc3)c3nc(C)ccc3c2=O)cc1. The molecule has 2 aromatic carbocycles. The van der Waals surface area contributed by atoms with Crippen LogP contribution in [0.3, 0.4) is 0 Å². The second-order valence-corrected chi connectivity index (χ2v) is 8.83. The number of amides is 1. The van der Waals surface area contributed by atoms with E-state index < -0.39 is 0 Å². The number of benzene rings is 2. The van der Waals surface area contributed by atoms with E-state index >= 15 is 0 Å². The van der Waals surface area contributed by atoms with Crippen LogP contribution in [0.4, 0.5) is 5.69 Å². The van der Waals surface area contributed by atoms with Crippen molar-refractivity contribution in [2.24, 2.45) is 0 Å². The van der Waals surface area contributed by atoms with E-state index in [0.29, 0.717) is 29.6 Å². The number of pyridine rings is 2. The smallest absolute Gasteiger partial charge is 0.227 e. The van der Waals surface area contributed by atoms with E-state index in [1.807, 2.05) is 59.7 Å². The second-order valence-electron chi connectivity index (χ2n) is 8.83. The third kappa shape index (κ3) is 4.03. The lowest BCUT2D eigenvalue weighted by atomic mass is 10.0. The number of hydrogen-bond acceptors (Lipinski definition) is 4. The maximum atomic E-state index is 13.2. The summed E-state index contributed by atoms with van der Waals surface area (Å²) in [5, 5.41) is 0.419. The largest absolute Gasteiger partial charge is 0.327 e. The first-order valence-electron chi connectivity index (χ1n) is 11.4. The van der Waals surface area contributed by atoms with Gasteiger partial charge in [0.25, 0.3) is 0 Å². The van der Waals surface area contributed by atoms with Crippen LogP contribution < -0.4 is 10.3 Å². The Morgan fingerprint density at radius 3 is 2.35 bits per heavy atom. The summed E-state index contributed by atoms with van der Waals surface area (Å²) >= 11 is 0. The van der Waals surface area contributed by atoms with Crippen LogP contribution in [-0.2, 0) is 11.3 Å². The number of ketones is 1. The number of aromatic nitrogens is 2. The molecule has 6 heteroatoms. The van der Waals surface area contributed by atoms with Crippen LogP contribution in [-0.4, -0.2) is 27.8 Å². The molecule has 1 amide bonds. The molecule has 1 fully saturated rings. The van der Waals surface area contributed by atoms with Crippen molar-refractivity contribution in [2.45, 2.75) is 33.2 Å². The molecule has 4 aromatic rings. The molecule has 0 saturated carbocycles. The first-order chi connectivity index (χ1) is 16.4. The monoisotopic (exact) mass is 451 g/mol. The maximum Gasteiger partial charge on any atom is 0.227 e. The van der Waals surface area contributed by atoms with Gasteiger partial charge < -0.3 is 9.47 Å². The van der Waals surface area contributed by atoms with Gasteiger partial charge in [-0.05, 0) is 50.1 Å². The van der Waals surface area contributed by atoms with Crippen LogP contribution in [0, 0.1) is 13.8 Å². The number of rotatable bonds is 5. The number of carbonyl (C=O) groups excluding carboxylic acids is 2. The van der Waals surface area contributed by atoms with E-state index in [0.717, 1.165) is 35.5 Å². The predicted octanol–water partition coefficient (Wildman–Crippen LogP) is 4.42. The van der Waals surface area contributed by atoms with Crippen molar-refractivity contribution >= 4 is 28.4 Å². The van der Waals surface area contributed by atoms with Gasteiger partial charge in [-0.1, -0.05) is 42.0 Å². The van der Waals surface area contributed by atoms with Gasteiger partial charge in [0.1, 0.15) is 5.65 Å². The summed E-state index contributed by atoms with van der Waals surface area (Å²) in [6, 6.07) is 18.6. The molecule has 0 radical (unpaired) electrons. The second kappa shape index (κ2) is 8.71. The fourth-order valence-electron chi connectivity index (χ4n) is 4.40. The molecular weight excluding hydrogens is 426 g/mol. The van der Waals surface area contributed by atoms with E-state index in [1.54, 1.807) is 30.5 Å². The van der Waals surface area contributed by atoms with Crippen molar-refractivity contribution in [3.63, 3.8) is 0 Å². The van der Waals surface area contributed by atoms with Crippen molar-refractivity contribution in [1.29, 1.82) is 0 Å². The summed E-state index contributed by atoms with van der Waals surface area (Å²) in [5.74, 6) is -0.151. The number of hydrogen-bond donors (Lipinski definition) is 0. The van der Waals surface area contributed by atoms with Crippen LogP contribution in [0.15, 0.2) is 71.7 Å². The number of aryl methyl sites for hydroxylation is 2. The van der Waals surface area contributed by atoms with E-state index in [2.05, 4.69) is 4.98 Å². The third-order valence-electron chi connectivity index (χ3n) is 6.29. The minimum Gasteiger partial charge on any atom is -0.327 e. The Hall–Kier alpha value is -4.06. The van der Waals surface area contributed by atoms with Crippen LogP contribution in [0.1, 0.15) is 45.6 Å². The molecule has 170 valence electrons. The highest BCUT2D eigenvalue weighted by atomic mass is 16.2. The first-order valence-corrected chi connectivity index (χ1v) is 11.4. The quantitative estimate of drug-likeness (QED) is 0.421. The van der Waals surface area contributed by atoms with Gasteiger partial charge in [0.2, 0.25) is 11.3 Å². The van der Waals surface area contributed by atoms with E-state index in [-0.39, 0.29) is 22.7 Å². The summed E-state index contributed by atoms with van der Waals surface area (Å²) in [5.41, 5.74) is 4.55. The molecular formula is C28H25N3O3. The van der Waals surface area contributed by atoms with Gasteiger partial charge in [0, 0.05) is 42.7 Å². The molecule has 5 rings (SSSR count). The summed E-state index contributed by atoms with van der Waals surface area (Å²) in [4.78, 5) is 44.9. The predicted molar refractivity (Wildman–Crippen MR) is 132 cm³/mol. The van der Waals surface area contributed by atoms with Gasteiger partial charge in [-0.25, -0.2) is 4.98 Å². The lowest BCUT2D eigenvalue weighted by Crippen LogP contribution is -2.23. The van der Waals surface area contributed by atoms with Gasteiger partial charge in [-0.15, -0.1) is 0 Å². The number of nitrogens with zero attached hydrogens (tertiary/aromatic N) is 3. The Kier molecular flexibility index (Phi) is 5.57. The standard InChI is InChI=1S/C28H25N3O3/c1-18-5-10-21(11-6-18)26(33)24-17-30(28-23(27(24)34)14-7-19(2)29-28)16-20-8-12-22(13-9-20)31-15-3-4-25(31)32/h5-14,17H,3-4,15-16H2,1-2H3. The normalized spacial score (nSPS) is 13.6. The summed E-state index contributed by atoms with van der Waals surface area (Å²) < 4.78 is 1.86.